The fourth-order valence-corrected chi connectivity index (χ4v) is 3.75. The van der Waals surface area contributed by atoms with Crippen molar-refractivity contribution in [1.29, 1.82) is 0 Å². The van der Waals surface area contributed by atoms with E-state index in [1.165, 1.54) is 0 Å². The van der Waals surface area contributed by atoms with Gasteiger partial charge in [-0.15, -0.1) is 0 Å². The number of benzene rings is 1. The molecule has 1 fully saturated rings. The van der Waals surface area contributed by atoms with Crippen LogP contribution in [-0.4, -0.2) is 40.6 Å². The molecule has 0 radical (unpaired) electrons. The molecule has 0 bridgehead atoms. The summed E-state index contributed by atoms with van der Waals surface area (Å²) >= 11 is 0. The number of nitrogens with one attached hydrogen (secondary N) is 2. The van der Waals surface area contributed by atoms with Crippen LogP contribution in [0.1, 0.15) is 28.8 Å². The predicted molar refractivity (Wildman–Crippen MR) is 79.0 cm³/mol. The third kappa shape index (κ3) is 4.25. The molecule has 1 unspecified atom stereocenters. The smallest absolute Gasteiger partial charge is 0.417 e. The number of methoxy groups -OCH3 is 1. The van der Waals surface area contributed by atoms with Crippen molar-refractivity contribution in [2.24, 2.45) is 0 Å². The normalized spacial score (nSPS) is 19.1. The Morgan fingerprint density at radius 3 is 2.62 bits per heavy atom. The summed E-state index contributed by atoms with van der Waals surface area (Å²) in [5, 5.41) is 3.01. The SMILES string of the molecule is COC(=O)c1ccc(S(=O)(=O)NC2CCCNC2)cc1C(F)(F)F. The van der Waals surface area contributed by atoms with Gasteiger partial charge in [0.05, 0.1) is 23.1 Å². The lowest BCUT2D eigenvalue weighted by molar-refractivity contribution is -0.138. The number of halogens is 3. The molecule has 24 heavy (non-hydrogen) atoms. The number of rotatable bonds is 4. The first kappa shape index (κ1) is 18.7. The minimum atomic E-state index is -4.89. The van der Waals surface area contributed by atoms with E-state index in [2.05, 4.69) is 14.8 Å². The first-order chi connectivity index (χ1) is 11.1. The molecular weight excluding hydrogens is 349 g/mol. The van der Waals surface area contributed by atoms with Crippen LogP contribution < -0.4 is 10.0 Å². The molecule has 1 aliphatic heterocycles. The predicted octanol–water partition coefficient (Wildman–Crippen LogP) is 1.52. The molecule has 0 aromatic heterocycles. The van der Waals surface area contributed by atoms with Gasteiger partial charge < -0.3 is 10.1 Å². The Kier molecular flexibility index (Phi) is 5.51. The highest BCUT2D eigenvalue weighted by atomic mass is 32.2. The van der Waals surface area contributed by atoms with E-state index in [9.17, 15) is 26.4 Å². The fraction of sp³-hybridized carbons (Fsp3) is 0.500. The van der Waals surface area contributed by atoms with Crippen molar-refractivity contribution in [3.05, 3.63) is 29.3 Å². The number of alkyl halides is 3. The molecular formula is C14H17F3N2O4S. The second-order valence-corrected chi connectivity index (χ2v) is 7.08. The number of carbonyl (C=O) groups is 1. The summed E-state index contributed by atoms with van der Waals surface area (Å²) in [5.74, 6) is -1.18. The summed E-state index contributed by atoms with van der Waals surface area (Å²) in [6.45, 7) is 1.18. The molecule has 1 atom stereocenters. The Morgan fingerprint density at radius 1 is 1.38 bits per heavy atom. The minimum absolute atomic E-state index is 0.390. The molecule has 0 saturated carbocycles. The average molecular weight is 366 g/mol. The van der Waals surface area contributed by atoms with Crippen LogP contribution in [0.2, 0.25) is 0 Å². The molecule has 0 spiro atoms. The molecule has 10 heteroatoms. The topological polar surface area (TPSA) is 84.5 Å². The monoisotopic (exact) mass is 366 g/mol. The lowest BCUT2D eigenvalue weighted by Crippen LogP contribution is -2.45. The molecule has 0 aliphatic carbocycles. The minimum Gasteiger partial charge on any atom is -0.465 e. The van der Waals surface area contributed by atoms with Gasteiger partial charge in [-0.25, -0.2) is 17.9 Å². The number of hydrogen-bond acceptors (Lipinski definition) is 5. The van der Waals surface area contributed by atoms with Crippen molar-refractivity contribution >= 4 is 16.0 Å². The van der Waals surface area contributed by atoms with Crippen molar-refractivity contribution in [2.75, 3.05) is 20.2 Å². The number of ether oxygens (including phenoxy) is 1. The highest BCUT2D eigenvalue weighted by Crippen LogP contribution is 2.34. The Bertz CT molecular complexity index is 713. The first-order valence-corrected chi connectivity index (χ1v) is 8.66. The second-order valence-electron chi connectivity index (χ2n) is 5.36. The number of hydrogen-bond donors (Lipinski definition) is 2. The van der Waals surface area contributed by atoms with Crippen molar-refractivity contribution < 1.29 is 31.1 Å². The number of sulfonamides is 1. The van der Waals surface area contributed by atoms with Gasteiger partial charge in [-0.05, 0) is 37.6 Å². The van der Waals surface area contributed by atoms with Crippen LogP contribution in [0.3, 0.4) is 0 Å². The number of piperidine rings is 1. The summed E-state index contributed by atoms with van der Waals surface area (Å²) < 4.78 is 70.7. The summed E-state index contributed by atoms with van der Waals surface area (Å²) in [6, 6.07) is 1.83. The van der Waals surface area contributed by atoms with Gasteiger partial charge in [-0.3, -0.25) is 0 Å². The zero-order valence-corrected chi connectivity index (χ0v) is 13.6. The Labute approximate surface area is 137 Å². The van der Waals surface area contributed by atoms with Gasteiger partial charge in [-0.1, -0.05) is 0 Å². The molecule has 6 nitrogen and oxygen atoms in total. The van der Waals surface area contributed by atoms with Gasteiger partial charge in [-0.2, -0.15) is 13.2 Å². The first-order valence-electron chi connectivity index (χ1n) is 7.18. The molecule has 1 aromatic rings. The molecule has 2 N–H and O–H groups in total. The van der Waals surface area contributed by atoms with Crippen molar-refractivity contribution in [2.45, 2.75) is 30.0 Å². The van der Waals surface area contributed by atoms with Crippen LogP contribution in [0.4, 0.5) is 13.2 Å². The summed E-state index contributed by atoms with van der Waals surface area (Å²) in [5.41, 5.74) is -2.08. The van der Waals surface area contributed by atoms with Gasteiger partial charge >= 0.3 is 12.1 Å². The third-order valence-corrected chi connectivity index (χ3v) is 5.15. The Morgan fingerprint density at radius 2 is 2.08 bits per heavy atom. The van der Waals surface area contributed by atoms with Crippen LogP contribution in [0.25, 0.3) is 0 Å². The third-order valence-electron chi connectivity index (χ3n) is 3.63. The maximum absolute atomic E-state index is 13.1. The lowest BCUT2D eigenvalue weighted by Gasteiger charge is -2.24. The maximum Gasteiger partial charge on any atom is 0.417 e. The van der Waals surface area contributed by atoms with Crippen molar-refractivity contribution in [3.8, 4) is 0 Å². The number of esters is 1. The highest BCUT2D eigenvalue weighted by molar-refractivity contribution is 7.89. The van der Waals surface area contributed by atoms with E-state index in [0.29, 0.717) is 19.0 Å². The Hall–Kier alpha value is -1.65. The number of carbonyl (C=O) groups excluding carboxylic acids is 1. The van der Waals surface area contributed by atoms with E-state index < -0.39 is 44.2 Å². The molecule has 1 saturated heterocycles. The van der Waals surface area contributed by atoms with Crippen LogP contribution in [0.15, 0.2) is 23.1 Å². The van der Waals surface area contributed by atoms with Gasteiger partial charge in [0, 0.05) is 12.6 Å². The molecule has 1 heterocycles. The van der Waals surface area contributed by atoms with Crippen molar-refractivity contribution in [1.82, 2.24) is 10.0 Å². The van der Waals surface area contributed by atoms with Crippen LogP contribution in [0.5, 0.6) is 0 Å². The second kappa shape index (κ2) is 7.08. The van der Waals surface area contributed by atoms with Gasteiger partial charge in [0.25, 0.3) is 0 Å². The Balaban J connectivity index is 2.38. The van der Waals surface area contributed by atoms with E-state index in [1.54, 1.807) is 0 Å². The van der Waals surface area contributed by atoms with Crippen LogP contribution in [0, 0.1) is 0 Å². The zero-order valence-electron chi connectivity index (χ0n) is 12.8. The van der Waals surface area contributed by atoms with E-state index >= 15 is 0 Å². The summed E-state index contributed by atoms with van der Waals surface area (Å²) in [4.78, 5) is 10.9. The molecule has 1 aromatic carbocycles. The average Bonchev–Trinajstić information content (AvgIpc) is 2.53. The maximum atomic E-state index is 13.1. The molecule has 1 aliphatic rings. The summed E-state index contributed by atoms with van der Waals surface area (Å²) in [7, 11) is -3.18. The van der Waals surface area contributed by atoms with Crippen LogP contribution in [-0.2, 0) is 20.9 Å². The van der Waals surface area contributed by atoms with Crippen LogP contribution >= 0.6 is 0 Å². The van der Waals surface area contributed by atoms with E-state index in [-0.39, 0.29) is 0 Å². The fourth-order valence-electron chi connectivity index (χ4n) is 2.45. The molecule has 0 amide bonds. The lowest BCUT2D eigenvalue weighted by atomic mass is 10.1. The highest BCUT2D eigenvalue weighted by Gasteiger charge is 2.37. The van der Waals surface area contributed by atoms with Gasteiger partial charge in [0.15, 0.2) is 0 Å². The van der Waals surface area contributed by atoms with E-state index in [1.807, 2.05) is 0 Å². The van der Waals surface area contributed by atoms with Gasteiger partial charge in [0.2, 0.25) is 10.0 Å². The standard InChI is InChI=1S/C14H17F3N2O4S/c1-23-13(20)11-5-4-10(7-12(11)14(15,16)17)24(21,22)19-9-3-2-6-18-8-9/h4-5,7,9,18-19H,2-3,6,8H2,1H3. The quantitative estimate of drug-likeness (QED) is 0.790. The largest absolute Gasteiger partial charge is 0.465 e. The summed E-state index contributed by atoms with van der Waals surface area (Å²) in [6.07, 6.45) is -3.53. The molecule has 2 rings (SSSR count). The molecule has 134 valence electrons. The van der Waals surface area contributed by atoms with E-state index in [4.69, 9.17) is 0 Å². The van der Waals surface area contributed by atoms with Crippen molar-refractivity contribution in [3.63, 3.8) is 0 Å². The zero-order chi connectivity index (χ0) is 18.0. The van der Waals surface area contributed by atoms with Gasteiger partial charge in [0.1, 0.15) is 0 Å². The van der Waals surface area contributed by atoms with E-state index in [0.717, 1.165) is 32.2 Å².